The highest BCUT2D eigenvalue weighted by Gasteiger charge is 2.51. The fourth-order valence-corrected chi connectivity index (χ4v) is 5.34. The number of carbonyl (C=O) groups excluding carboxylic acids is 2. The van der Waals surface area contributed by atoms with Gasteiger partial charge in [0.1, 0.15) is 0 Å². The quantitative estimate of drug-likeness (QED) is 0.748. The lowest BCUT2D eigenvalue weighted by Crippen LogP contribution is -2.48. The van der Waals surface area contributed by atoms with Gasteiger partial charge in [-0.3, -0.25) is 4.79 Å². The summed E-state index contributed by atoms with van der Waals surface area (Å²) in [5.41, 5.74) is 0.190. The number of hydrogen-bond acceptors (Lipinski definition) is 4. The Morgan fingerprint density at radius 3 is 2.19 bits per heavy atom. The molecule has 0 saturated heterocycles. The van der Waals surface area contributed by atoms with Gasteiger partial charge in [-0.1, -0.05) is 0 Å². The van der Waals surface area contributed by atoms with Gasteiger partial charge in [0, 0.05) is 6.42 Å². The highest BCUT2D eigenvalue weighted by molar-refractivity contribution is 5.79. The summed E-state index contributed by atoms with van der Waals surface area (Å²) in [6, 6.07) is 0. The van der Waals surface area contributed by atoms with E-state index in [9.17, 15) is 14.7 Å². The zero-order chi connectivity index (χ0) is 15.0. The summed E-state index contributed by atoms with van der Waals surface area (Å²) >= 11 is 0. The number of ether oxygens (including phenoxy) is 1. The Bertz CT molecular complexity index is 399. The lowest BCUT2D eigenvalue weighted by atomic mass is 9.49. The third kappa shape index (κ3) is 3.07. The number of hydrogen-bond donors (Lipinski definition) is 2. The molecule has 4 aliphatic carbocycles. The molecule has 0 aliphatic heterocycles. The van der Waals surface area contributed by atoms with Gasteiger partial charge in [0.2, 0.25) is 5.91 Å². The molecule has 0 spiro atoms. The van der Waals surface area contributed by atoms with Gasteiger partial charge >= 0.3 is 5.97 Å². The Morgan fingerprint density at radius 1 is 1.19 bits per heavy atom. The summed E-state index contributed by atoms with van der Waals surface area (Å²) in [6.45, 7) is -0.0577. The van der Waals surface area contributed by atoms with Crippen molar-refractivity contribution < 1.29 is 19.4 Å². The SMILES string of the molecule is COC(=O)C(O)CNC(=O)CC12CC3CC(CC(C3)C1)C2. The molecule has 118 valence electrons. The second kappa shape index (κ2) is 5.59. The molecule has 4 rings (SSSR count). The highest BCUT2D eigenvalue weighted by Crippen LogP contribution is 2.61. The van der Waals surface area contributed by atoms with Crippen LogP contribution < -0.4 is 5.32 Å². The average Bonchev–Trinajstić information content (AvgIpc) is 2.41. The topological polar surface area (TPSA) is 75.6 Å². The van der Waals surface area contributed by atoms with E-state index in [1.54, 1.807) is 0 Å². The van der Waals surface area contributed by atoms with Crippen LogP contribution in [0, 0.1) is 23.2 Å². The highest BCUT2D eigenvalue weighted by atomic mass is 16.5. The van der Waals surface area contributed by atoms with Gasteiger partial charge in [-0.05, 0) is 61.7 Å². The molecule has 1 amide bonds. The van der Waals surface area contributed by atoms with Crippen LogP contribution in [0.4, 0.5) is 0 Å². The first kappa shape index (κ1) is 14.8. The molecule has 4 bridgehead atoms. The van der Waals surface area contributed by atoms with E-state index in [1.165, 1.54) is 45.6 Å². The van der Waals surface area contributed by atoms with E-state index >= 15 is 0 Å². The first-order valence-corrected chi connectivity index (χ1v) is 8.02. The number of nitrogens with one attached hydrogen (secondary N) is 1. The van der Waals surface area contributed by atoms with Crippen molar-refractivity contribution in [3.8, 4) is 0 Å². The van der Waals surface area contributed by atoms with E-state index in [4.69, 9.17) is 0 Å². The summed E-state index contributed by atoms with van der Waals surface area (Å²) < 4.78 is 4.44. The maximum atomic E-state index is 12.2. The van der Waals surface area contributed by atoms with Crippen LogP contribution in [0.15, 0.2) is 0 Å². The number of rotatable bonds is 5. The Morgan fingerprint density at radius 2 is 1.71 bits per heavy atom. The van der Waals surface area contributed by atoms with Gasteiger partial charge < -0.3 is 15.2 Å². The Balaban J connectivity index is 1.52. The Labute approximate surface area is 125 Å². The predicted molar refractivity (Wildman–Crippen MR) is 76.3 cm³/mol. The van der Waals surface area contributed by atoms with E-state index in [2.05, 4.69) is 10.1 Å². The minimum atomic E-state index is -1.27. The van der Waals surface area contributed by atoms with Gasteiger partial charge in [0.15, 0.2) is 6.10 Å². The number of aliphatic hydroxyl groups is 1. The molecule has 5 nitrogen and oxygen atoms in total. The van der Waals surface area contributed by atoms with Crippen LogP contribution in [-0.4, -0.2) is 36.7 Å². The van der Waals surface area contributed by atoms with Crippen molar-refractivity contribution in [2.24, 2.45) is 23.2 Å². The van der Waals surface area contributed by atoms with Crippen LogP contribution in [0.2, 0.25) is 0 Å². The van der Waals surface area contributed by atoms with Gasteiger partial charge in [-0.2, -0.15) is 0 Å². The first-order valence-electron chi connectivity index (χ1n) is 8.02. The van der Waals surface area contributed by atoms with Gasteiger partial charge in [0.05, 0.1) is 13.7 Å². The number of carbonyl (C=O) groups is 2. The fraction of sp³-hybridized carbons (Fsp3) is 0.875. The number of methoxy groups -OCH3 is 1. The first-order chi connectivity index (χ1) is 9.99. The standard InChI is InChI=1S/C16H25NO4/c1-21-15(20)13(18)9-17-14(19)8-16-5-10-2-11(6-16)4-12(3-10)7-16/h10-13,18H,2-9H2,1H3,(H,17,19). The van der Waals surface area contributed by atoms with Crippen LogP contribution in [0.5, 0.6) is 0 Å². The van der Waals surface area contributed by atoms with Crippen molar-refractivity contribution in [1.82, 2.24) is 5.32 Å². The summed E-state index contributed by atoms with van der Waals surface area (Å²) in [5.74, 6) is 1.73. The smallest absolute Gasteiger partial charge is 0.336 e. The maximum absolute atomic E-state index is 12.2. The molecule has 0 heterocycles. The molecule has 2 N–H and O–H groups in total. The Kier molecular flexibility index (Phi) is 3.95. The van der Waals surface area contributed by atoms with Crippen LogP contribution >= 0.6 is 0 Å². The minimum Gasteiger partial charge on any atom is -0.467 e. The number of aliphatic hydroxyl groups excluding tert-OH is 1. The molecule has 5 heteroatoms. The fourth-order valence-electron chi connectivity index (χ4n) is 5.34. The van der Waals surface area contributed by atoms with Gasteiger partial charge in [-0.15, -0.1) is 0 Å². The van der Waals surface area contributed by atoms with Crippen molar-refractivity contribution >= 4 is 11.9 Å². The van der Waals surface area contributed by atoms with Crippen molar-refractivity contribution in [3.63, 3.8) is 0 Å². The van der Waals surface area contributed by atoms with Crippen LogP contribution in [-0.2, 0) is 14.3 Å². The second-order valence-corrected chi connectivity index (χ2v) is 7.44. The predicted octanol–water partition coefficient (Wildman–Crippen LogP) is 1.24. The van der Waals surface area contributed by atoms with Crippen LogP contribution in [0.25, 0.3) is 0 Å². The summed E-state index contributed by atoms with van der Waals surface area (Å²) in [5, 5.41) is 12.2. The summed E-state index contributed by atoms with van der Waals surface area (Å²) in [7, 11) is 1.23. The zero-order valence-corrected chi connectivity index (χ0v) is 12.6. The molecule has 1 atom stereocenters. The third-order valence-corrected chi connectivity index (χ3v) is 5.67. The number of esters is 1. The maximum Gasteiger partial charge on any atom is 0.336 e. The summed E-state index contributed by atoms with van der Waals surface area (Å²) in [6.07, 6.45) is 6.93. The monoisotopic (exact) mass is 295 g/mol. The molecule has 1 unspecified atom stereocenters. The van der Waals surface area contributed by atoms with E-state index in [1.807, 2.05) is 0 Å². The van der Waals surface area contributed by atoms with Crippen LogP contribution in [0.1, 0.15) is 44.9 Å². The second-order valence-electron chi connectivity index (χ2n) is 7.44. The normalized spacial score (nSPS) is 38.1. The van der Waals surface area contributed by atoms with E-state index in [0.29, 0.717) is 6.42 Å². The largest absolute Gasteiger partial charge is 0.467 e. The molecule has 21 heavy (non-hydrogen) atoms. The van der Waals surface area contributed by atoms with Crippen molar-refractivity contribution in [2.45, 2.75) is 51.0 Å². The van der Waals surface area contributed by atoms with E-state index < -0.39 is 12.1 Å². The molecular weight excluding hydrogens is 270 g/mol. The van der Waals surface area contributed by atoms with Gasteiger partial charge in [0.25, 0.3) is 0 Å². The van der Waals surface area contributed by atoms with E-state index in [0.717, 1.165) is 17.8 Å². The molecule has 4 aliphatic rings. The number of amides is 1. The minimum absolute atomic E-state index is 0.0418. The van der Waals surface area contributed by atoms with Gasteiger partial charge in [-0.25, -0.2) is 4.79 Å². The lowest BCUT2D eigenvalue weighted by molar-refractivity contribution is -0.150. The molecule has 0 aromatic heterocycles. The van der Waals surface area contributed by atoms with Crippen molar-refractivity contribution in [1.29, 1.82) is 0 Å². The van der Waals surface area contributed by atoms with Crippen molar-refractivity contribution in [2.75, 3.05) is 13.7 Å². The Hall–Kier alpha value is -1.10. The van der Waals surface area contributed by atoms with Crippen molar-refractivity contribution in [3.05, 3.63) is 0 Å². The zero-order valence-electron chi connectivity index (χ0n) is 12.6. The van der Waals surface area contributed by atoms with Crippen LogP contribution in [0.3, 0.4) is 0 Å². The molecule has 0 radical (unpaired) electrons. The average molecular weight is 295 g/mol. The lowest BCUT2D eigenvalue weighted by Gasteiger charge is -2.56. The summed E-state index contributed by atoms with van der Waals surface area (Å²) in [4.78, 5) is 23.3. The molecule has 0 aromatic carbocycles. The molecule has 4 fully saturated rings. The molecule has 4 saturated carbocycles. The molecular formula is C16H25NO4. The third-order valence-electron chi connectivity index (χ3n) is 5.67. The van der Waals surface area contributed by atoms with E-state index in [-0.39, 0.29) is 17.9 Å². The molecule has 0 aromatic rings.